The largest absolute Gasteiger partial charge is 0.387 e. The SMILES string of the molecule is Cc1cncc(CN2CC(O)(C3CC3)C2)c1. The van der Waals surface area contributed by atoms with E-state index >= 15 is 0 Å². The summed E-state index contributed by atoms with van der Waals surface area (Å²) in [4.78, 5) is 6.49. The van der Waals surface area contributed by atoms with Crippen molar-refractivity contribution in [3.05, 3.63) is 29.6 Å². The monoisotopic (exact) mass is 218 g/mol. The minimum absolute atomic E-state index is 0.364. The molecule has 0 atom stereocenters. The highest BCUT2D eigenvalue weighted by Gasteiger charge is 2.51. The zero-order valence-corrected chi connectivity index (χ0v) is 9.69. The number of pyridine rings is 1. The van der Waals surface area contributed by atoms with Gasteiger partial charge in [-0.05, 0) is 36.8 Å². The molecule has 1 aromatic rings. The van der Waals surface area contributed by atoms with E-state index in [1.165, 1.54) is 24.0 Å². The van der Waals surface area contributed by atoms with Gasteiger partial charge in [-0.15, -0.1) is 0 Å². The molecular formula is C13H18N2O. The molecule has 1 N–H and O–H groups in total. The third-order valence-electron chi connectivity index (χ3n) is 3.67. The summed E-state index contributed by atoms with van der Waals surface area (Å²) in [5.41, 5.74) is 2.09. The van der Waals surface area contributed by atoms with Crippen molar-refractivity contribution in [2.24, 2.45) is 5.92 Å². The first-order valence-electron chi connectivity index (χ1n) is 6.01. The Morgan fingerprint density at radius 3 is 2.81 bits per heavy atom. The van der Waals surface area contributed by atoms with Gasteiger partial charge in [0.1, 0.15) is 0 Å². The summed E-state index contributed by atoms with van der Waals surface area (Å²) in [6.45, 7) is 4.66. The van der Waals surface area contributed by atoms with Gasteiger partial charge in [-0.3, -0.25) is 9.88 Å². The average Bonchev–Trinajstić information content (AvgIpc) is 2.98. The van der Waals surface area contributed by atoms with Crippen LogP contribution in [-0.2, 0) is 6.54 Å². The molecule has 3 heteroatoms. The average molecular weight is 218 g/mol. The van der Waals surface area contributed by atoms with Crippen molar-refractivity contribution in [2.45, 2.75) is 31.9 Å². The zero-order chi connectivity index (χ0) is 11.2. The molecule has 0 aromatic carbocycles. The van der Waals surface area contributed by atoms with E-state index in [0.29, 0.717) is 5.92 Å². The number of likely N-dealkylation sites (tertiary alicyclic amines) is 1. The summed E-state index contributed by atoms with van der Waals surface area (Å²) in [6.07, 6.45) is 6.23. The summed E-state index contributed by atoms with van der Waals surface area (Å²) < 4.78 is 0. The van der Waals surface area contributed by atoms with Gasteiger partial charge in [0, 0.05) is 32.0 Å². The van der Waals surface area contributed by atoms with E-state index in [-0.39, 0.29) is 5.60 Å². The molecule has 16 heavy (non-hydrogen) atoms. The number of hydrogen-bond donors (Lipinski definition) is 1. The lowest BCUT2D eigenvalue weighted by atomic mass is 9.88. The van der Waals surface area contributed by atoms with Crippen molar-refractivity contribution in [2.75, 3.05) is 13.1 Å². The van der Waals surface area contributed by atoms with Crippen LogP contribution in [0.3, 0.4) is 0 Å². The molecule has 0 bridgehead atoms. The predicted octanol–water partition coefficient (Wildman–Crippen LogP) is 1.35. The Morgan fingerprint density at radius 1 is 1.44 bits per heavy atom. The first kappa shape index (κ1) is 10.2. The third kappa shape index (κ3) is 1.85. The van der Waals surface area contributed by atoms with E-state index in [1.807, 2.05) is 12.4 Å². The Kier molecular flexibility index (Phi) is 2.26. The highest BCUT2D eigenvalue weighted by molar-refractivity contribution is 5.17. The van der Waals surface area contributed by atoms with E-state index in [2.05, 4.69) is 22.9 Å². The van der Waals surface area contributed by atoms with Crippen molar-refractivity contribution < 1.29 is 5.11 Å². The van der Waals surface area contributed by atoms with Crippen LogP contribution >= 0.6 is 0 Å². The van der Waals surface area contributed by atoms with Crippen LogP contribution in [0.15, 0.2) is 18.5 Å². The molecule has 86 valence electrons. The second-order valence-electron chi connectivity index (χ2n) is 5.39. The van der Waals surface area contributed by atoms with E-state index in [1.54, 1.807) is 0 Å². The summed E-state index contributed by atoms with van der Waals surface area (Å²) >= 11 is 0. The molecule has 1 aliphatic carbocycles. The maximum absolute atomic E-state index is 10.2. The maximum Gasteiger partial charge on any atom is 0.0928 e. The predicted molar refractivity (Wildman–Crippen MR) is 61.9 cm³/mol. The highest BCUT2D eigenvalue weighted by Crippen LogP contribution is 2.44. The van der Waals surface area contributed by atoms with Crippen LogP contribution in [0.1, 0.15) is 24.0 Å². The van der Waals surface area contributed by atoms with Crippen LogP contribution in [0.25, 0.3) is 0 Å². The summed E-state index contributed by atoms with van der Waals surface area (Å²) in [5.74, 6) is 0.583. The van der Waals surface area contributed by atoms with Gasteiger partial charge in [0.15, 0.2) is 0 Å². The molecular weight excluding hydrogens is 200 g/mol. The molecule has 0 unspecified atom stereocenters. The lowest BCUT2D eigenvalue weighted by Gasteiger charge is -2.47. The van der Waals surface area contributed by atoms with Crippen molar-refractivity contribution >= 4 is 0 Å². The summed E-state index contributed by atoms with van der Waals surface area (Å²) in [6, 6.07) is 2.17. The Balaban J connectivity index is 1.58. The lowest BCUT2D eigenvalue weighted by molar-refractivity contribution is -0.116. The van der Waals surface area contributed by atoms with E-state index in [4.69, 9.17) is 0 Å². The quantitative estimate of drug-likeness (QED) is 0.832. The molecule has 0 radical (unpaired) electrons. The van der Waals surface area contributed by atoms with Crippen LogP contribution < -0.4 is 0 Å². The number of aromatic nitrogens is 1. The van der Waals surface area contributed by atoms with E-state index in [9.17, 15) is 5.11 Å². The first-order valence-corrected chi connectivity index (χ1v) is 6.01. The van der Waals surface area contributed by atoms with Crippen LogP contribution in [0, 0.1) is 12.8 Å². The molecule has 1 saturated carbocycles. The van der Waals surface area contributed by atoms with Crippen LogP contribution in [0.2, 0.25) is 0 Å². The normalized spacial score (nSPS) is 24.1. The van der Waals surface area contributed by atoms with Crippen molar-refractivity contribution in [1.82, 2.24) is 9.88 Å². The fraction of sp³-hybridized carbons (Fsp3) is 0.615. The Hall–Kier alpha value is -0.930. The third-order valence-corrected chi connectivity index (χ3v) is 3.67. The number of nitrogens with zero attached hydrogens (tertiary/aromatic N) is 2. The summed E-state index contributed by atoms with van der Waals surface area (Å²) in [7, 11) is 0. The standard InChI is InChI=1S/C13H18N2O/c1-10-4-11(6-14-5-10)7-15-8-13(16,9-15)12-2-3-12/h4-6,12,16H,2-3,7-9H2,1H3. The molecule has 2 fully saturated rings. The molecule has 3 nitrogen and oxygen atoms in total. The Morgan fingerprint density at radius 2 is 2.19 bits per heavy atom. The smallest absolute Gasteiger partial charge is 0.0928 e. The fourth-order valence-corrected chi connectivity index (χ4v) is 2.68. The second-order valence-corrected chi connectivity index (χ2v) is 5.39. The number of hydrogen-bond acceptors (Lipinski definition) is 3. The second kappa shape index (κ2) is 3.54. The van der Waals surface area contributed by atoms with Gasteiger partial charge < -0.3 is 5.11 Å². The topological polar surface area (TPSA) is 36.4 Å². The fourth-order valence-electron chi connectivity index (χ4n) is 2.68. The molecule has 1 saturated heterocycles. The Bertz CT molecular complexity index is 395. The van der Waals surface area contributed by atoms with Gasteiger partial charge in [-0.25, -0.2) is 0 Å². The zero-order valence-electron chi connectivity index (χ0n) is 9.69. The Labute approximate surface area is 96.1 Å². The van der Waals surface area contributed by atoms with E-state index in [0.717, 1.165) is 19.6 Å². The molecule has 0 amide bonds. The van der Waals surface area contributed by atoms with Crippen molar-refractivity contribution in [3.8, 4) is 0 Å². The number of aryl methyl sites for hydroxylation is 1. The van der Waals surface area contributed by atoms with E-state index < -0.39 is 0 Å². The molecule has 3 rings (SSSR count). The van der Waals surface area contributed by atoms with Crippen molar-refractivity contribution in [3.63, 3.8) is 0 Å². The molecule has 2 aliphatic rings. The number of rotatable bonds is 3. The molecule has 2 heterocycles. The lowest BCUT2D eigenvalue weighted by Crippen LogP contribution is -2.62. The van der Waals surface area contributed by atoms with Crippen LogP contribution in [0.4, 0.5) is 0 Å². The van der Waals surface area contributed by atoms with Crippen LogP contribution in [0.5, 0.6) is 0 Å². The van der Waals surface area contributed by atoms with Gasteiger partial charge in [0.2, 0.25) is 0 Å². The number of aliphatic hydroxyl groups is 1. The van der Waals surface area contributed by atoms with Gasteiger partial charge in [-0.2, -0.15) is 0 Å². The molecule has 0 spiro atoms. The van der Waals surface area contributed by atoms with Crippen LogP contribution in [-0.4, -0.2) is 33.7 Å². The van der Waals surface area contributed by atoms with Gasteiger partial charge in [-0.1, -0.05) is 6.07 Å². The highest BCUT2D eigenvalue weighted by atomic mass is 16.3. The minimum Gasteiger partial charge on any atom is -0.387 e. The van der Waals surface area contributed by atoms with Gasteiger partial charge in [0.25, 0.3) is 0 Å². The number of β-amino-alcohol motifs (C(OH)–C–C–N with tert-alkyl or cyclic N) is 1. The first-order chi connectivity index (χ1) is 7.66. The maximum atomic E-state index is 10.2. The summed E-state index contributed by atoms with van der Waals surface area (Å²) in [5, 5.41) is 10.2. The molecule has 1 aromatic heterocycles. The minimum atomic E-state index is -0.364. The molecule has 1 aliphatic heterocycles. The van der Waals surface area contributed by atoms with Gasteiger partial charge in [0.05, 0.1) is 5.60 Å². The van der Waals surface area contributed by atoms with Gasteiger partial charge >= 0.3 is 0 Å². The van der Waals surface area contributed by atoms with Crippen molar-refractivity contribution in [1.29, 1.82) is 0 Å².